The quantitative estimate of drug-likeness (QED) is 0.697. The molecule has 2 N–H and O–H groups in total. The van der Waals surface area contributed by atoms with Crippen LogP contribution in [-0.4, -0.2) is 12.2 Å². The van der Waals surface area contributed by atoms with Crippen molar-refractivity contribution in [2.75, 3.05) is 6.54 Å². The third-order valence-electron chi connectivity index (χ3n) is 2.86. The Morgan fingerprint density at radius 3 is 2.42 bits per heavy atom. The first kappa shape index (κ1) is 9.97. The summed E-state index contributed by atoms with van der Waals surface area (Å²) in [5.41, 5.74) is 4.23. The molecule has 1 unspecified atom stereocenters. The van der Waals surface area contributed by atoms with Gasteiger partial charge in [-0.3, -0.25) is 0 Å². The molecule has 12 heavy (non-hydrogen) atoms. The van der Waals surface area contributed by atoms with Crippen LogP contribution in [0, 0.1) is 5.92 Å². The highest BCUT2D eigenvalue weighted by atomic mass is 19.1. The van der Waals surface area contributed by atoms with E-state index in [1.54, 1.807) is 6.92 Å². The fourth-order valence-electron chi connectivity index (χ4n) is 2.08. The second-order valence-corrected chi connectivity index (χ2v) is 4.33. The van der Waals surface area contributed by atoms with E-state index in [0.29, 0.717) is 12.3 Å². The summed E-state index contributed by atoms with van der Waals surface area (Å²) in [6.07, 6.45) is 6.99. The molecule has 1 fully saturated rings. The molecular weight excluding hydrogens is 153 g/mol. The highest BCUT2D eigenvalue weighted by molar-refractivity contribution is 4.79. The number of nitrogens with two attached hydrogens (primary N) is 1. The molecule has 0 aromatic heterocycles. The molecule has 0 bridgehead atoms. The molecule has 0 amide bonds. The molecule has 1 atom stereocenters. The fourth-order valence-corrected chi connectivity index (χ4v) is 2.08. The maximum Gasteiger partial charge on any atom is 0.120 e. The van der Waals surface area contributed by atoms with Gasteiger partial charge in [-0.05, 0) is 19.3 Å². The van der Waals surface area contributed by atoms with Gasteiger partial charge in [0.2, 0.25) is 0 Å². The van der Waals surface area contributed by atoms with E-state index >= 15 is 0 Å². The zero-order chi connectivity index (χ0) is 9.03. The van der Waals surface area contributed by atoms with Crippen molar-refractivity contribution in [1.82, 2.24) is 0 Å². The Labute approximate surface area is 74.5 Å². The second kappa shape index (κ2) is 4.22. The van der Waals surface area contributed by atoms with Gasteiger partial charge in [0.1, 0.15) is 5.67 Å². The normalized spacial score (nSPS) is 25.2. The molecule has 1 rings (SSSR count). The van der Waals surface area contributed by atoms with Crippen LogP contribution in [0.4, 0.5) is 4.39 Å². The molecule has 0 aliphatic heterocycles. The molecule has 1 nitrogen and oxygen atoms in total. The van der Waals surface area contributed by atoms with Crippen molar-refractivity contribution in [3.05, 3.63) is 0 Å². The van der Waals surface area contributed by atoms with Gasteiger partial charge >= 0.3 is 0 Å². The topological polar surface area (TPSA) is 26.0 Å². The lowest BCUT2D eigenvalue weighted by molar-refractivity contribution is 0.138. The van der Waals surface area contributed by atoms with Gasteiger partial charge in [-0.2, -0.15) is 0 Å². The number of hydrogen-bond donors (Lipinski definition) is 1. The minimum Gasteiger partial charge on any atom is -0.328 e. The van der Waals surface area contributed by atoms with Gasteiger partial charge < -0.3 is 5.73 Å². The molecule has 0 heterocycles. The molecule has 2 heteroatoms. The van der Waals surface area contributed by atoms with Gasteiger partial charge in [0, 0.05) is 6.54 Å². The lowest BCUT2D eigenvalue weighted by Crippen LogP contribution is -2.32. The van der Waals surface area contributed by atoms with Crippen LogP contribution in [0.5, 0.6) is 0 Å². The van der Waals surface area contributed by atoms with Crippen LogP contribution in [0.3, 0.4) is 0 Å². The van der Waals surface area contributed by atoms with Crippen molar-refractivity contribution < 1.29 is 4.39 Å². The second-order valence-electron chi connectivity index (χ2n) is 4.33. The molecule has 1 aliphatic rings. The minimum atomic E-state index is -1.12. The maximum atomic E-state index is 13.5. The molecular formula is C10H20FN. The standard InChI is InChI=1S/C10H20FN/c1-10(11,8-12)7-9-5-3-2-4-6-9/h9H,2-8,12H2,1H3. The van der Waals surface area contributed by atoms with E-state index in [4.69, 9.17) is 5.73 Å². The molecule has 1 aliphatic carbocycles. The van der Waals surface area contributed by atoms with E-state index in [1.165, 1.54) is 32.1 Å². The zero-order valence-electron chi connectivity index (χ0n) is 7.98. The molecule has 0 saturated heterocycles. The highest BCUT2D eigenvalue weighted by Crippen LogP contribution is 2.31. The van der Waals surface area contributed by atoms with Gasteiger partial charge in [-0.25, -0.2) is 4.39 Å². The van der Waals surface area contributed by atoms with E-state index < -0.39 is 5.67 Å². The third-order valence-corrected chi connectivity index (χ3v) is 2.86. The zero-order valence-corrected chi connectivity index (χ0v) is 7.98. The van der Waals surface area contributed by atoms with Gasteiger partial charge in [0.15, 0.2) is 0 Å². The first-order valence-electron chi connectivity index (χ1n) is 5.03. The summed E-state index contributed by atoms with van der Waals surface area (Å²) in [6.45, 7) is 1.80. The van der Waals surface area contributed by atoms with Crippen LogP contribution in [0.25, 0.3) is 0 Å². The van der Waals surface area contributed by atoms with Crippen molar-refractivity contribution in [2.24, 2.45) is 11.7 Å². The molecule has 0 radical (unpaired) electrons. The Morgan fingerprint density at radius 1 is 1.33 bits per heavy atom. The van der Waals surface area contributed by atoms with Gasteiger partial charge in [-0.1, -0.05) is 32.1 Å². The summed E-state index contributed by atoms with van der Waals surface area (Å²) in [7, 11) is 0. The summed E-state index contributed by atoms with van der Waals surface area (Å²) in [4.78, 5) is 0. The van der Waals surface area contributed by atoms with Crippen LogP contribution in [0.2, 0.25) is 0 Å². The number of hydrogen-bond acceptors (Lipinski definition) is 1. The van der Waals surface area contributed by atoms with Crippen molar-refractivity contribution in [1.29, 1.82) is 0 Å². The van der Waals surface area contributed by atoms with E-state index in [9.17, 15) is 4.39 Å². The summed E-state index contributed by atoms with van der Waals surface area (Å²) in [5, 5.41) is 0. The first-order chi connectivity index (χ1) is 5.64. The van der Waals surface area contributed by atoms with Gasteiger partial charge in [0.25, 0.3) is 0 Å². The van der Waals surface area contributed by atoms with Crippen molar-refractivity contribution in [2.45, 2.75) is 51.1 Å². The SMILES string of the molecule is CC(F)(CN)CC1CCCCC1. The van der Waals surface area contributed by atoms with Crippen LogP contribution in [0.15, 0.2) is 0 Å². The molecule has 1 saturated carbocycles. The van der Waals surface area contributed by atoms with E-state index in [2.05, 4.69) is 0 Å². The summed E-state index contributed by atoms with van der Waals surface area (Å²) in [5.74, 6) is 0.595. The summed E-state index contributed by atoms with van der Waals surface area (Å²) in [6, 6.07) is 0. The molecule has 0 aromatic rings. The Morgan fingerprint density at radius 2 is 1.92 bits per heavy atom. The Kier molecular flexibility index (Phi) is 3.51. The largest absolute Gasteiger partial charge is 0.328 e. The Hall–Kier alpha value is -0.110. The lowest BCUT2D eigenvalue weighted by atomic mass is 9.82. The Bertz CT molecular complexity index is 128. The fraction of sp³-hybridized carbons (Fsp3) is 1.00. The average molecular weight is 173 g/mol. The predicted molar refractivity (Wildman–Crippen MR) is 49.8 cm³/mol. The van der Waals surface area contributed by atoms with Crippen molar-refractivity contribution >= 4 is 0 Å². The molecule has 0 spiro atoms. The Balaban J connectivity index is 2.28. The van der Waals surface area contributed by atoms with Crippen molar-refractivity contribution in [3.8, 4) is 0 Å². The average Bonchev–Trinajstić information content (AvgIpc) is 2.06. The predicted octanol–water partition coefficient (Wildman–Crippen LogP) is 2.64. The maximum absolute atomic E-state index is 13.5. The van der Waals surface area contributed by atoms with E-state index in [1.807, 2.05) is 0 Å². The number of halogens is 1. The van der Waals surface area contributed by atoms with Crippen LogP contribution in [-0.2, 0) is 0 Å². The van der Waals surface area contributed by atoms with Crippen molar-refractivity contribution in [3.63, 3.8) is 0 Å². The van der Waals surface area contributed by atoms with Crippen LogP contribution < -0.4 is 5.73 Å². The first-order valence-corrected chi connectivity index (χ1v) is 5.03. The third kappa shape index (κ3) is 3.10. The number of alkyl halides is 1. The van der Waals surface area contributed by atoms with Crippen LogP contribution in [0.1, 0.15) is 45.4 Å². The summed E-state index contributed by atoms with van der Waals surface area (Å²) >= 11 is 0. The van der Waals surface area contributed by atoms with Gasteiger partial charge in [-0.15, -0.1) is 0 Å². The minimum absolute atomic E-state index is 0.170. The molecule has 0 aromatic carbocycles. The van der Waals surface area contributed by atoms with E-state index in [0.717, 1.165) is 0 Å². The smallest absolute Gasteiger partial charge is 0.120 e. The summed E-state index contributed by atoms with van der Waals surface area (Å²) < 4.78 is 13.5. The van der Waals surface area contributed by atoms with Gasteiger partial charge in [0.05, 0.1) is 0 Å². The van der Waals surface area contributed by atoms with E-state index in [-0.39, 0.29) is 6.54 Å². The highest BCUT2D eigenvalue weighted by Gasteiger charge is 2.26. The lowest BCUT2D eigenvalue weighted by Gasteiger charge is -2.27. The molecule has 72 valence electrons. The monoisotopic (exact) mass is 173 g/mol. The number of rotatable bonds is 3. The van der Waals surface area contributed by atoms with Crippen LogP contribution >= 0.6 is 0 Å².